The van der Waals surface area contributed by atoms with Gasteiger partial charge in [-0.05, 0) is 45.5 Å². The van der Waals surface area contributed by atoms with Crippen LogP contribution in [0.5, 0.6) is 11.5 Å². The van der Waals surface area contributed by atoms with Gasteiger partial charge in [0.1, 0.15) is 6.04 Å². The average Bonchev–Trinajstić information content (AvgIpc) is 2.41. The van der Waals surface area contributed by atoms with Gasteiger partial charge in [-0.3, -0.25) is 9.69 Å². The van der Waals surface area contributed by atoms with Crippen molar-refractivity contribution >= 4 is 5.97 Å². The maximum Gasteiger partial charge on any atom is 0.320 e. The smallest absolute Gasteiger partial charge is 0.320 e. The Labute approximate surface area is 120 Å². The second kappa shape index (κ2) is 7.75. The second-order valence-corrected chi connectivity index (χ2v) is 4.58. The van der Waals surface area contributed by atoms with Crippen molar-refractivity contribution < 1.29 is 19.4 Å². The summed E-state index contributed by atoms with van der Waals surface area (Å²) in [7, 11) is 1.79. The molecule has 0 bridgehead atoms. The fraction of sp³-hybridized carbons (Fsp3) is 0.533. The van der Waals surface area contributed by atoms with Gasteiger partial charge in [-0.25, -0.2) is 0 Å². The molecule has 0 heterocycles. The zero-order chi connectivity index (χ0) is 15.1. The lowest BCUT2D eigenvalue weighted by molar-refractivity contribution is -0.142. The number of likely N-dealkylation sites (N-methyl/N-ethyl adjacent to an activating group) is 1. The minimum absolute atomic E-state index is 0.530. The monoisotopic (exact) mass is 281 g/mol. The van der Waals surface area contributed by atoms with Crippen LogP contribution in [0.3, 0.4) is 0 Å². The van der Waals surface area contributed by atoms with E-state index in [1.165, 1.54) is 0 Å². The number of ether oxygens (including phenoxy) is 2. The van der Waals surface area contributed by atoms with Crippen molar-refractivity contribution in [3.05, 3.63) is 23.8 Å². The quantitative estimate of drug-likeness (QED) is 0.793. The Hall–Kier alpha value is -1.75. The highest BCUT2D eigenvalue weighted by atomic mass is 16.5. The van der Waals surface area contributed by atoms with E-state index in [1.807, 2.05) is 32.0 Å². The average molecular weight is 281 g/mol. The second-order valence-electron chi connectivity index (χ2n) is 4.58. The van der Waals surface area contributed by atoms with E-state index in [4.69, 9.17) is 14.6 Å². The van der Waals surface area contributed by atoms with Crippen LogP contribution in [-0.4, -0.2) is 42.3 Å². The number of nitrogens with zero attached hydrogens (tertiary/aromatic N) is 1. The normalized spacial score (nSPS) is 12.2. The standard InChI is InChI=1S/C15H23NO4/c1-5-19-13-8-7-12(9-14(13)20-6-2)10-16(4)11(3)15(17)18/h7-9,11H,5-6,10H2,1-4H3,(H,17,18). The van der Waals surface area contributed by atoms with Crippen molar-refractivity contribution in [1.82, 2.24) is 4.90 Å². The molecule has 1 aromatic carbocycles. The molecule has 0 aromatic heterocycles. The molecule has 1 atom stereocenters. The van der Waals surface area contributed by atoms with Crippen LogP contribution >= 0.6 is 0 Å². The van der Waals surface area contributed by atoms with E-state index >= 15 is 0 Å². The first kappa shape index (κ1) is 16.3. The summed E-state index contributed by atoms with van der Waals surface area (Å²) in [6.45, 7) is 7.19. The van der Waals surface area contributed by atoms with Crippen LogP contribution in [0, 0.1) is 0 Å². The fourth-order valence-corrected chi connectivity index (χ4v) is 1.81. The number of benzene rings is 1. The molecule has 1 N–H and O–H groups in total. The molecule has 0 aliphatic rings. The Bertz CT molecular complexity index is 447. The van der Waals surface area contributed by atoms with E-state index in [0.717, 1.165) is 5.56 Å². The first-order valence-corrected chi connectivity index (χ1v) is 6.81. The zero-order valence-electron chi connectivity index (χ0n) is 12.5. The molecule has 5 nitrogen and oxygen atoms in total. The van der Waals surface area contributed by atoms with Gasteiger partial charge in [-0.1, -0.05) is 6.07 Å². The van der Waals surface area contributed by atoms with E-state index in [0.29, 0.717) is 31.3 Å². The van der Waals surface area contributed by atoms with Crippen molar-refractivity contribution in [3.63, 3.8) is 0 Å². The summed E-state index contributed by atoms with van der Waals surface area (Å²) in [4.78, 5) is 12.7. The summed E-state index contributed by atoms with van der Waals surface area (Å²) < 4.78 is 11.1. The van der Waals surface area contributed by atoms with Crippen molar-refractivity contribution in [2.45, 2.75) is 33.4 Å². The van der Waals surface area contributed by atoms with Crippen LogP contribution < -0.4 is 9.47 Å². The zero-order valence-corrected chi connectivity index (χ0v) is 12.5. The van der Waals surface area contributed by atoms with Gasteiger partial charge < -0.3 is 14.6 Å². The van der Waals surface area contributed by atoms with Crippen LogP contribution in [0.15, 0.2) is 18.2 Å². The Morgan fingerprint density at radius 2 is 1.85 bits per heavy atom. The molecule has 1 rings (SSSR count). The highest BCUT2D eigenvalue weighted by molar-refractivity contribution is 5.72. The molecule has 0 saturated carbocycles. The van der Waals surface area contributed by atoms with Gasteiger partial charge in [0.25, 0.3) is 0 Å². The Kier molecular flexibility index (Phi) is 6.31. The van der Waals surface area contributed by atoms with Gasteiger partial charge >= 0.3 is 5.97 Å². The van der Waals surface area contributed by atoms with Crippen molar-refractivity contribution in [1.29, 1.82) is 0 Å². The molecule has 1 aromatic rings. The Morgan fingerprint density at radius 1 is 1.25 bits per heavy atom. The highest BCUT2D eigenvalue weighted by Gasteiger charge is 2.17. The van der Waals surface area contributed by atoms with E-state index in [-0.39, 0.29) is 0 Å². The Morgan fingerprint density at radius 3 is 2.40 bits per heavy atom. The molecule has 0 amide bonds. The molecule has 1 unspecified atom stereocenters. The predicted octanol–water partition coefficient (Wildman–Crippen LogP) is 2.39. The van der Waals surface area contributed by atoms with Crippen molar-refractivity contribution in [3.8, 4) is 11.5 Å². The largest absolute Gasteiger partial charge is 0.490 e. The third-order valence-electron chi connectivity index (χ3n) is 3.06. The van der Waals surface area contributed by atoms with Gasteiger partial charge in [-0.15, -0.1) is 0 Å². The van der Waals surface area contributed by atoms with E-state index in [1.54, 1.807) is 18.9 Å². The van der Waals surface area contributed by atoms with Gasteiger partial charge in [0.15, 0.2) is 11.5 Å². The first-order chi connectivity index (χ1) is 9.49. The number of hydrogen-bond acceptors (Lipinski definition) is 4. The summed E-state index contributed by atoms with van der Waals surface area (Å²) in [6.07, 6.45) is 0. The summed E-state index contributed by atoms with van der Waals surface area (Å²) in [5.74, 6) is 0.582. The van der Waals surface area contributed by atoms with Gasteiger partial charge in [0, 0.05) is 6.54 Å². The van der Waals surface area contributed by atoms with E-state index < -0.39 is 12.0 Å². The molecule has 0 aliphatic carbocycles. The minimum Gasteiger partial charge on any atom is -0.490 e. The highest BCUT2D eigenvalue weighted by Crippen LogP contribution is 2.29. The molecular weight excluding hydrogens is 258 g/mol. The third-order valence-corrected chi connectivity index (χ3v) is 3.06. The summed E-state index contributed by atoms with van der Waals surface area (Å²) in [5.41, 5.74) is 0.993. The molecule has 112 valence electrons. The SMILES string of the molecule is CCOc1ccc(CN(C)C(C)C(=O)O)cc1OCC. The molecule has 0 saturated heterocycles. The number of aliphatic carboxylic acids is 1. The fourth-order valence-electron chi connectivity index (χ4n) is 1.81. The lowest BCUT2D eigenvalue weighted by Gasteiger charge is -2.21. The molecule has 0 radical (unpaired) electrons. The number of hydrogen-bond donors (Lipinski definition) is 1. The molecule has 0 fully saturated rings. The van der Waals surface area contributed by atoms with Crippen molar-refractivity contribution in [2.75, 3.05) is 20.3 Å². The van der Waals surface area contributed by atoms with Gasteiger partial charge in [-0.2, -0.15) is 0 Å². The molecule has 0 spiro atoms. The van der Waals surface area contributed by atoms with Crippen LogP contribution in [-0.2, 0) is 11.3 Å². The van der Waals surface area contributed by atoms with Crippen LogP contribution in [0.25, 0.3) is 0 Å². The molecule has 5 heteroatoms. The Balaban J connectivity index is 2.85. The van der Waals surface area contributed by atoms with Crippen LogP contribution in [0.4, 0.5) is 0 Å². The summed E-state index contributed by atoms with van der Waals surface area (Å²) >= 11 is 0. The predicted molar refractivity (Wildman–Crippen MR) is 77.3 cm³/mol. The lowest BCUT2D eigenvalue weighted by Crippen LogP contribution is -2.35. The van der Waals surface area contributed by atoms with E-state index in [2.05, 4.69) is 0 Å². The summed E-state index contributed by atoms with van der Waals surface area (Å²) in [6, 6.07) is 5.17. The molecule has 20 heavy (non-hydrogen) atoms. The minimum atomic E-state index is -0.830. The van der Waals surface area contributed by atoms with E-state index in [9.17, 15) is 4.79 Å². The van der Waals surface area contributed by atoms with Gasteiger partial charge in [0.2, 0.25) is 0 Å². The topological polar surface area (TPSA) is 59.0 Å². The molecule has 0 aliphatic heterocycles. The lowest BCUT2D eigenvalue weighted by atomic mass is 10.1. The van der Waals surface area contributed by atoms with Crippen LogP contribution in [0.1, 0.15) is 26.3 Å². The number of carbonyl (C=O) groups is 1. The number of carboxylic acid groups (broad SMARTS) is 1. The first-order valence-electron chi connectivity index (χ1n) is 6.81. The molecular formula is C15H23NO4. The summed E-state index contributed by atoms with van der Waals surface area (Å²) in [5, 5.41) is 9.00. The number of carboxylic acids is 1. The number of rotatable bonds is 8. The third kappa shape index (κ3) is 4.42. The van der Waals surface area contributed by atoms with Crippen molar-refractivity contribution in [2.24, 2.45) is 0 Å². The maximum absolute atomic E-state index is 11.0. The van der Waals surface area contributed by atoms with Crippen LogP contribution in [0.2, 0.25) is 0 Å². The van der Waals surface area contributed by atoms with Gasteiger partial charge in [0.05, 0.1) is 13.2 Å². The maximum atomic E-state index is 11.0.